The minimum atomic E-state index is 0.585. The molecule has 112 valence electrons. The van der Waals surface area contributed by atoms with Crippen molar-refractivity contribution in [2.45, 2.75) is 24.3 Å². The lowest BCUT2D eigenvalue weighted by Gasteiger charge is -1.99. The maximum atomic E-state index is 5.97. The van der Waals surface area contributed by atoms with Crippen LogP contribution in [0.1, 0.15) is 22.6 Å². The minimum absolute atomic E-state index is 0.585. The van der Waals surface area contributed by atoms with Crippen molar-refractivity contribution in [2.24, 2.45) is 0 Å². The average Bonchev–Trinajstić information content (AvgIpc) is 2.95. The molecule has 0 radical (unpaired) electrons. The first kappa shape index (κ1) is 15.1. The Labute approximate surface area is 138 Å². The molecule has 5 heteroatoms. The van der Waals surface area contributed by atoms with Gasteiger partial charge in [-0.15, -0.1) is 10.2 Å². The number of hydrogen-bond donors (Lipinski definition) is 0. The first-order valence-corrected chi connectivity index (χ1v) is 8.30. The van der Waals surface area contributed by atoms with Crippen molar-refractivity contribution in [2.75, 3.05) is 0 Å². The highest BCUT2D eigenvalue weighted by Gasteiger charge is 2.08. The number of rotatable bonds is 5. The van der Waals surface area contributed by atoms with Crippen LogP contribution in [0.4, 0.5) is 0 Å². The summed E-state index contributed by atoms with van der Waals surface area (Å²) in [5.74, 6) is 1.39. The maximum Gasteiger partial charge on any atom is 0.276 e. The number of nitrogens with zero attached hydrogens (tertiary/aromatic N) is 2. The zero-order valence-electron chi connectivity index (χ0n) is 12.1. The first-order valence-electron chi connectivity index (χ1n) is 6.94. The topological polar surface area (TPSA) is 38.9 Å². The SMILES string of the molecule is Cc1ccc(Cc2nnc(SCc3cccc(Cl)c3)o2)cc1. The molecule has 0 N–H and O–H groups in total. The summed E-state index contributed by atoms with van der Waals surface area (Å²) in [7, 11) is 0. The van der Waals surface area contributed by atoms with E-state index in [4.69, 9.17) is 16.0 Å². The van der Waals surface area contributed by atoms with Gasteiger partial charge in [0, 0.05) is 10.8 Å². The van der Waals surface area contributed by atoms with E-state index in [0.29, 0.717) is 17.5 Å². The van der Waals surface area contributed by atoms with Crippen LogP contribution in [0.25, 0.3) is 0 Å². The molecule has 1 aromatic heterocycles. The largest absolute Gasteiger partial charge is 0.416 e. The van der Waals surface area contributed by atoms with Gasteiger partial charge in [0.2, 0.25) is 5.89 Å². The number of halogens is 1. The van der Waals surface area contributed by atoms with Crippen LogP contribution in [0.3, 0.4) is 0 Å². The molecular formula is C17H15ClN2OS. The lowest BCUT2D eigenvalue weighted by molar-refractivity contribution is 0.420. The number of aromatic nitrogens is 2. The van der Waals surface area contributed by atoms with E-state index < -0.39 is 0 Å². The molecule has 0 bridgehead atoms. The van der Waals surface area contributed by atoms with Crippen LogP contribution < -0.4 is 0 Å². The second-order valence-electron chi connectivity index (χ2n) is 5.04. The van der Waals surface area contributed by atoms with Gasteiger partial charge in [0.05, 0.1) is 6.42 Å². The minimum Gasteiger partial charge on any atom is -0.416 e. The highest BCUT2D eigenvalue weighted by atomic mass is 35.5. The summed E-state index contributed by atoms with van der Waals surface area (Å²) in [5.41, 5.74) is 3.54. The van der Waals surface area contributed by atoms with E-state index in [9.17, 15) is 0 Å². The fourth-order valence-corrected chi connectivity index (χ4v) is 2.96. The van der Waals surface area contributed by atoms with Gasteiger partial charge in [0.15, 0.2) is 0 Å². The van der Waals surface area contributed by atoms with Crippen molar-refractivity contribution in [3.63, 3.8) is 0 Å². The molecule has 0 atom stereocenters. The molecule has 0 aliphatic carbocycles. The quantitative estimate of drug-likeness (QED) is 0.623. The lowest BCUT2D eigenvalue weighted by Crippen LogP contribution is -1.88. The third-order valence-electron chi connectivity index (χ3n) is 3.18. The predicted molar refractivity (Wildman–Crippen MR) is 89.3 cm³/mol. The molecule has 0 unspecified atom stereocenters. The smallest absolute Gasteiger partial charge is 0.276 e. The Morgan fingerprint density at radius 1 is 1.05 bits per heavy atom. The molecule has 0 saturated heterocycles. The summed E-state index contributed by atoms with van der Waals surface area (Å²) < 4.78 is 5.68. The molecule has 0 aliphatic heterocycles. The Balaban J connectivity index is 1.60. The Kier molecular flexibility index (Phi) is 4.80. The molecule has 0 saturated carbocycles. The van der Waals surface area contributed by atoms with Gasteiger partial charge in [-0.05, 0) is 30.2 Å². The summed E-state index contributed by atoms with van der Waals surface area (Å²) in [6.45, 7) is 2.07. The van der Waals surface area contributed by atoms with E-state index in [-0.39, 0.29) is 0 Å². The second kappa shape index (κ2) is 6.99. The van der Waals surface area contributed by atoms with E-state index in [1.807, 2.05) is 24.3 Å². The third-order valence-corrected chi connectivity index (χ3v) is 4.30. The molecular weight excluding hydrogens is 316 g/mol. The van der Waals surface area contributed by atoms with Gasteiger partial charge in [0.1, 0.15) is 0 Å². The van der Waals surface area contributed by atoms with E-state index in [0.717, 1.165) is 16.3 Å². The van der Waals surface area contributed by atoms with Crippen molar-refractivity contribution in [3.8, 4) is 0 Å². The fraction of sp³-hybridized carbons (Fsp3) is 0.176. The maximum absolute atomic E-state index is 5.97. The van der Waals surface area contributed by atoms with Crippen LogP contribution in [-0.4, -0.2) is 10.2 Å². The van der Waals surface area contributed by atoms with E-state index in [1.165, 1.54) is 22.9 Å². The van der Waals surface area contributed by atoms with Crippen LogP contribution in [0.5, 0.6) is 0 Å². The molecule has 3 rings (SSSR count). The van der Waals surface area contributed by atoms with Crippen molar-refractivity contribution >= 4 is 23.4 Å². The third kappa shape index (κ3) is 4.12. The van der Waals surface area contributed by atoms with Crippen LogP contribution in [0.2, 0.25) is 5.02 Å². The zero-order chi connectivity index (χ0) is 15.4. The van der Waals surface area contributed by atoms with Crippen molar-refractivity contribution in [3.05, 3.63) is 76.1 Å². The Hall–Kier alpha value is -1.78. The molecule has 3 nitrogen and oxygen atoms in total. The first-order chi connectivity index (χ1) is 10.7. The predicted octanol–water partition coefficient (Wildman–Crippen LogP) is 4.91. The highest BCUT2D eigenvalue weighted by Crippen LogP contribution is 2.23. The fourth-order valence-electron chi connectivity index (χ4n) is 2.02. The monoisotopic (exact) mass is 330 g/mol. The van der Waals surface area contributed by atoms with Crippen LogP contribution in [-0.2, 0) is 12.2 Å². The Morgan fingerprint density at radius 2 is 1.86 bits per heavy atom. The second-order valence-corrected chi connectivity index (χ2v) is 6.41. The number of thioether (sulfide) groups is 1. The van der Waals surface area contributed by atoms with Gasteiger partial charge in [-0.25, -0.2) is 0 Å². The number of hydrogen-bond acceptors (Lipinski definition) is 4. The van der Waals surface area contributed by atoms with Gasteiger partial charge in [-0.1, -0.05) is 65.3 Å². The van der Waals surface area contributed by atoms with Crippen molar-refractivity contribution < 1.29 is 4.42 Å². The molecule has 22 heavy (non-hydrogen) atoms. The van der Waals surface area contributed by atoms with E-state index in [1.54, 1.807) is 0 Å². The summed E-state index contributed by atoms with van der Waals surface area (Å²) in [6.07, 6.45) is 0.658. The van der Waals surface area contributed by atoms with E-state index >= 15 is 0 Å². The van der Waals surface area contributed by atoms with E-state index in [2.05, 4.69) is 41.4 Å². The summed E-state index contributed by atoms with van der Waals surface area (Å²) >= 11 is 7.49. The van der Waals surface area contributed by atoms with Gasteiger partial charge >= 0.3 is 0 Å². The number of benzene rings is 2. The molecule has 0 aliphatic rings. The summed E-state index contributed by atoms with van der Waals surface area (Å²) in [6, 6.07) is 16.1. The molecule has 3 aromatic rings. The van der Waals surface area contributed by atoms with Crippen LogP contribution >= 0.6 is 23.4 Å². The molecule has 2 aromatic carbocycles. The molecule has 1 heterocycles. The Bertz CT molecular complexity index is 755. The van der Waals surface area contributed by atoms with Crippen LogP contribution in [0, 0.1) is 6.92 Å². The van der Waals surface area contributed by atoms with Crippen molar-refractivity contribution in [1.82, 2.24) is 10.2 Å². The van der Waals surface area contributed by atoms with Crippen molar-refractivity contribution in [1.29, 1.82) is 0 Å². The van der Waals surface area contributed by atoms with Gasteiger partial charge in [-0.2, -0.15) is 0 Å². The zero-order valence-corrected chi connectivity index (χ0v) is 13.7. The molecule has 0 fully saturated rings. The lowest BCUT2D eigenvalue weighted by atomic mass is 10.1. The van der Waals surface area contributed by atoms with Gasteiger partial charge < -0.3 is 4.42 Å². The standard InChI is InChI=1S/C17H15ClN2OS/c1-12-5-7-13(8-6-12)10-16-19-20-17(21-16)22-11-14-3-2-4-15(18)9-14/h2-9H,10-11H2,1H3. The highest BCUT2D eigenvalue weighted by molar-refractivity contribution is 7.98. The van der Waals surface area contributed by atoms with Crippen LogP contribution in [0.15, 0.2) is 58.2 Å². The summed E-state index contributed by atoms with van der Waals surface area (Å²) in [4.78, 5) is 0. The number of aryl methyl sites for hydroxylation is 1. The normalized spacial score (nSPS) is 10.8. The molecule has 0 amide bonds. The van der Waals surface area contributed by atoms with Gasteiger partial charge in [0.25, 0.3) is 5.22 Å². The molecule has 0 spiro atoms. The summed E-state index contributed by atoms with van der Waals surface area (Å²) in [5, 5.41) is 9.51. The van der Waals surface area contributed by atoms with Gasteiger partial charge in [-0.3, -0.25) is 0 Å². The Morgan fingerprint density at radius 3 is 2.64 bits per heavy atom. The average molecular weight is 331 g/mol.